The van der Waals surface area contributed by atoms with Gasteiger partial charge in [0.05, 0.1) is 0 Å². The molecule has 94 valence electrons. The Morgan fingerprint density at radius 2 is 2.18 bits per heavy atom. The normalized spacial score (nSPS) is 21.1. The molecule has 1 fully saturated rings. The number of nitrogens with zero attached hydrogens (tertiary/aromatic N) is 2. The second kappa shape index (κ2) is 6.12. The summed E-state index contributed by atoms with van der Waals surface area (Å²) in [6.07, 6.45) is 5.09. The van der Waals surface area contributed by atoms with E-state index in [4.69, 9.17) is 0 Å². The van der Waals surface area contributed by atoms with Gasteiger partial charge in [0.2, 0.25) is 0 Å². The molecule has 0 bridgehead atoms. The summed E-state index contributed by atoms with van der Waals surface area (Å²) in [6.45, 7) is 9.12. The van der Waals surface area contributed by atoms with E-state index in [0.29, 0.717) is 12.0 Å². The Balaban J connectivity index is 2.18. The fourth-order valence-corrected chi connectivity index (χ4v) is 2.63. The van der Waals surface area contributed by atoms with Gasteiger partial charge in [0.1, 0.15) is 0 Å². The smallest absolute Gasteiger partial charge is 0.0389 e. The molecular weight excluding hydrogens is 210 g/mol. The van der Waals surface area contributed by atoms with Crippen LogP contribution in [0.25, 0.3) is 0 Å². The predicted molar refractivity (Wildman–Crippen MR) is 70.9 cm³/mol. The van der Waals surface area contributed by atoms with Crippen LogP contribution in [0, 0.1) is 5.92 Å². The van der Waals surface area contributed by atoms with Crippen LogP contribution in [-0.2, 0) is 0 Å². The first-order valence-electron chi connectivity index (χ1n) is 6.67. The zero-order valence-electron chi connectivity index (χ0n) is 10.9. The quantitative estimate of drug-likeness (QED) is 0.863. The molecule has 0 aromatic carbocycles. The Labute approximate surface area is 104 Å². The molecule has 3 nitrogen and oxygen atoms in total. The van der Waals surface area contributed by atoms with Crippen LogP contribution in [0.15, 0.2) is 24.5 Å². The number of aromatic nitrogens is 1. The van der Waals surface area contributed by atoms with Gasteiger partial charge in [0.15, 0.2) is 0 Å². The van der Waals surface area contributed by atoms with Gasteiger partial charge < -0.3 is 5.32 Å². The van der Waals surface area contributed by atoms with E-state index in [0.717, 1.165) is 26.2 Å². The lowest BCUT2D eigenvalue weighted by atomic mass is 9.91. The predicted octanol–water partition coefficient (Wildman–Crippen LogP) is 2.07. The molecule has 1 aliphatic rings. The van der Waals surface area contributed by atoms with Crippen molar-refractivity contribution in [2.45, 2.75) is 26.3 Å². The van der Waals surface area contributed by atoms with Crippen molar-refractivity contribution in [3.63, 3.8) is 0 Å². The van der Waals surface area contributed by atoms with Crippen molar-refractivity contribution in [2.75, 3.05) is 26.2 Å². The molecule has 1 aliphatic heterocycles. The molecule has 0 amide bonds. The fraction of sp³-hybridized carbons (Fsp3) is 0.643. The molecule has 2 rings (SSSR count). The zero-order valence-corrected chi connectivity index (χ0v) is 10.9. The molecule has 1 unspecified atom stereocenters. The van der Waals surface area contributed by atoms with Crippen LogP contribution >= 0.6 is 0 Å². The number of rotatable bonds is 4. The van der Waals surface area contributed by atoms with Crippen molar-refractivity contribution in [2.24, 2.45) is 5.92 Å². The summed E-state index contributed by atoms with van der Waals surface area (Å²) in [5, 5.41) is 3.42. The molecule has 0 saturated carbocycles. The summed E-state index contributed by atoms with van der Waals surface area (Å²) in [6, 6.07) is 4.79. The second-order valence-corrected chi connectivity index (χ2v) is 4.90. The van der Waals surface area contributed by atoms with E-state index >= 15 is 0 Å². The topological polar surface area (TPSA) is 28.2 Å². The first-order chi connectivity index (χ1) is 8.33. The molecule has 2 atom stereocenters. The van der Waals surface area contributed by atoms with Gasteiger partial charge in [0, 0.05) is 44.6 Å². The van der Waals surface area contributed by atoms with Crippen LogP contribution < -0.4 is 5.32 Å². The summed E-state index contributed by atoms with van der Waals surface area (Å²) in [5.74, 6) is 0.678. The number of piperazine rings is 1. The van der Waals surface area contributed by atoms with Crippen LogP contribution in [0.1, 0.15) is 31.9 Å². The lowest BCUT2D eigenvalue weighted by molar-refractivity contribution is 0.128. The molecule has 0 radical (unpaired) electrons. The van der Waals surface area contributed by atoms with Gasteiger partial charge in [-0.1, -0.05) is 26.3 Å². The monoisotopic (exact) mass is 233 g/mol. The molecule has 0 aliphatic carbocycles. The summed E-state index contributed by atoms with van der Waals surface area (Å²) in [5.41, 5.74) is 1.36. The molecule has 0 spiro atoms. The highest BCUT2D eigenvalue weighted by atomic mass is 15.2. The summed E-state index contributed by atoms with van der Waals surface area (Å²) in [7, 11) is 0. The van der Waals surface area contributed by atoms with Gasteiger partial charge in [-0.3, -0.25) is 9.88 Å². The van der Waals surface area contributed by atoms with E-state index in [1.165, 1.54) is 12.0 Å². The lowest BCUT2D eigenvalue weighted by Gasteiger charge is -2.38. The highest BCUT2D eigenvalue weighted by Gasteiger charge is 2.26. The number of hydrogen-bond acceptors (Lipinski definition) is 3. The summed E-state index contributed by atoms with van der Waals surface area (Å²) in [4.78, 5) is 6.87. The first-order valence-corrected chi connectivity index (χ1v) is 6.67. The summed E-state index contributed by atoms with van der Waals surface area (Å²) >= 11 is 0. The zero-order chi connectivity index (χ0) is 12.1. The van der Waals surface area contributed by atoms with E-state index in [9.17, 15) is 0 Å². The van der Waals surface area contributed by atoms with Gasteiger partial charge in [-0.2, -0.15) is 0 Å². The van der Waals surface area contributed by atoms with Gasteiger partial charge in [-0.15, -0.1) is 0 Å². The highest BCUT2D eigenvalue weighted by Crippen LogP contribution is 2.30. The molecule has 1 aromatic rings. The van der Waals surface area contributed by atoms with Crippen LogP contribution in [0.2, 0.25) is 0 Å². The van der Waals surface area contributed by atoms with Crippen LogP contribution in [0.3, 0.4) is 0 Å². The van der Waals surface area contributed by atoms with Crippen molar-refractivity contribution in [1.29, 1.82) is 0 Å². The van der Waals surface area contributed by atoms with Gasteiger partial charge in [-0.05, 0) is 17.5 Å². The Morgan fingerprint density at radius 1 is 1.41 bits per heavy atom. The Hall–Kier alpha value is -0.930. The minimum atomic E-state index is 0.524. The van der Waals surface area contributed by atoms with Crippen molar-refractivity contribution in [3.05, 3.63) is 30.1 Å². The maximum atomic E-state index is 4.27. The van der Waals surface area contributed by atoms with Gasteiger partial charge in [0.25, 0.3) is 0 Å². The van der Waals surface area contributed by atoms with Gasteiger partial charge in [-0.25, -0.2) is 0 Å². The number of hydrogen-bond donors (Lipinski definition) is 1. The fourth-order valence-electron chi connectivity index (χ4n) is 2.63. The largest absolute Gasteiger partial charge is 0.314 e. The van der Waals surface area contributed by atoms with E-state index in [-0.39, 0.29) is 0 Å². The van der Waals surface area contributed by atoms with Crippen molar-refractivity contribution in [3.8, 4) is 0 Å². The standard InChI is InChI=1S/C14H23N3/c1-3-12(2)14(13-5-4-6-16-11-13)17-9-7-15-8-10-17/h4-6,11-12,14-15H,3,7-10H2,1-2H3/t12?,14-/m0/s1. The number of nitrogens with one attached hydrogen (secondary N) is 1. The molecule has 17 heavy (non-hydrogen) atoms. The molecule has 1 N–H and O–H groups in total. The third kappa shape index (κ3) is 3.05. The Morgan fingerprint density at radius 3 is 2.76 bits per heavy atom. The maximum Gasteiger partial charge on any atom is 0.0389 e. The Bertz CT molecular complexity index is 319. The average Bonchev–Trinajstić information content (AvgIpc) is 2.41. The minimum Gasteiger partial charge on any atom is -0.314 e. The molecule has 1 aromatic heterocycles. The lowest BCUT2D eigenvalue weighted by Crippen LogP contribution is -2.46. The average molecular weight is 233 g/mol. The van der Waals surface area contributed by atoms with E-state index in [1.807, 2.05) is 18.5 Å². The van der Waals surface area contributed by atoms with Crippen molar-refractivity contribution in [1.82, 2.24) is 15.2 Å². The van der Waals surface area contributed by atoms with Crippen molar-refractivity contribution < 1.29 is 0 Å². The van der Waals surface area contributed by atoms with Crippen molar-refractivity contribution >= 4 is 0 Å². The first kappa shape index (κ1) is 12.5. The van der Waals surface area contributed by atoms with Crippen LogP contribution in [-0.4, -0.2) is 36.1 Å². The third-order valence-corrected chi connectivity index (χ3v) is 3.75. The Kier molecular flexibility index (Phi) is 4.51. The molecule has 1 saturated heterocycles. The van der Waals surface area contributed by atoms with E-state index < -0.39 is 0 Å². The number of pyridine rings is 1. The molecule has 3 heteroatoms. The maximum absolute atomic E-state index is 4.27. The van der Waals surface area contributed by atoms with Gasteiger partial charge >= 0.3 is 0 Å². The third-order valence-electron chi connectivity index (χ3n) is 3.75. The summed E-state index contributed by atoms with van der Waals surface area (Å²) < 4.78 is 0. The van der Waals surface area contributed by atoms with Crippen LogP contribution in [0.5, 0.6) is 0 Å². The SMILES string of the molecule is CCC(C)[C@@H](c1cccnc1)N1CCNCC1. The minimum absolute atomic E-state index is 0.524. The second-order valence-electron chi connectivity index (χ2n) is 4.90. The van der Waals surface area contributed by atoms with Crippen LogP contribution in [0.4, 0.5) is 0 Å². The molecular formula is C14H23N3. The van der Waals surface area contributed by atoms with E-state index in [1.54, 1.807) is 0 Å². The molecule has 2 heterocycles. The highest BCUT2D eigenvalue weighted by molar-refractivity contribution is 5.15. The van der Waals surface area contributed by atoms with E-state index in [2.05, 4.69) is 35.1 Å².